The molecule has 0 spiro atoms. The molecule has 0 radical (unpaired) electrons. The molecule has 0 unspecified atom stereocenters. The summed E-state index contributed by atoms with van der Waals surface area (Å²) in [6.45, 7) is 2.97. The van der Waals surface area contributed by atoms with Gasteiger partial charge in [0.2, 0.25) is 0 Å². The van der Waals surface area contributed by atoms with Gasteiger partial charge in [-0.2, -0.15) is 5.26 Å². The van der Waals surface area contributed by atoms with Gasteiger partial charge in [0.1, 0.15) is 0 Å². The number of hydrogen-bond donors (Lipinski definition) is 2. The van der Waals surface area contributed by atoms with Gasteiger partial charge in [0.25, 0.3) is 0 Å². The van der Waals surface area contributed by atoms with Crippen LogP contribution in [0.1, 0.15) is 34.3 Å². The number of nitriles is 1. The Morgan fingerprint density at radius 2 is 1.87 bits per heavy atom. The van der Waals surface area contributed by atoms with Crippen molar-refractivity contribution in [1.82, 2.24) is 4.90 Å². The highest BCUT2D eigenvalue weighted by Crippen LogP contribution is 2.30. The Balaban J connectivity index is 0.00000341. The van der Waals surface area contributed by atoms with Crippen LogP contribution in [-0.2, 0) is 6.42 Å². The van der Waals surface area contributed by atoms with Crippen molar-refractivity contribution in [2.24, 2.45) is 0 Å². The molecule has 1 fully saturated rings. The molecule has 6 nitrogen and oxygen atoms in total. The summed E-state index contributed by atoms with van der Waals surface area (Å²) < 4.78 is 0. The molecule has 2 N–H and O–H groups in total. The minimum Gasteiger partial charge on any atom is -0.478 e. The number of likely N-dealkylation sites (N-methyl/N-ethyl adjacent to an activating group) is 1. The van der Waals surface area contributed by atoms with E-state index in [1.54, 1.807) is 6.07 Å². The van der Waals surface area contributed by atoms with Crippen molar-refractivity contribution in [3.05, 3.63) is 64.2 Å². The zero-order valence-electron chi connectivity index (χ0n) is 17.4. The molecule has 0 saturated carbocycles. The molecule has 166 valence electrons. The highest BCUT2D eigenvalue weighted by molar-refractivity contribution is 6.33. The number of aromatic carboxylic acids is 1. The van der Waals surface area contributed by atoms with E-state index in [0.29, 0.717) is 35.7 Å². The lowest BCUT2D eigenvalue weighted by molar-refractivity contribution is -0.0137. The van der Waals surface area contributed by atoms with Gasteiger partial charge in [0, 0.05) is 33.2 Å². The fraction of sp³-hybridized carbons (Fsp3) is 0.391. The molecule has 0 bridgehead atoms. The first-order valence-corrected chi connectivity index (χ1v) is 10.4. The van der Waals surface area contributed by atoms with Gasteiger partial charge in [-0.25, -0.2) is 4.79 Å². The number of halogens is 2. The maximum Gasteiger partial charge on any atom is 0.335 e. The normalized spacial score (nSPS) is 15.5. The zero-order valence-corrected chi connectivity index (χ0v) is 19.0. The first-order chi connectivity index (χ1) is 14.3. The van der Waals surface area contributed by atoms with Crippen LogP contribution >= 0.6 is 24.0 Å². The van der Waals surface area contributed by atoms with Gasteiger partial charge < -0.3 is 20.0 Å². The van der Waals surface area contributed by atoms with Crippen LogP contribution in [0.4, 0.5) is 5.69 Å². The van der Waals surface area contributed by atoms with Crippen LogP contribution in [0.25, 0.3) is 0 Å². The number of carboxylic acid groups (broad SMARTS) is 1. The van der Waals surface area contributed by atoms with Gasteiger partial charge in [-0.1, -0.05) is 23.7 Å². The Bertz CT molecular complexity index is 936. The monoisotopic (exact) mass is 463 g/mol. The Labute approximate surface area is 194 Å². The Hall–Kier alpha value is -2.30. The fourth-order valence-corrected chi connectivity index (χ4v) is 4.19. The first kappa shape index (κ1) is 25.0. The van der Waals surface area contributed by atoms with Crippen LogP contribution in [0.15, 0.2) is 42.5 Å². The largest absolute Gasteiger partial charge is 0.478 e. The number of anilines is 1. The summed E-state index contributed by atoms with van der Waals surface area (Å²) in [6.07, 6.45) is 2.24. The van der Waals surface area contributed by atoms with Gasteiger partial charge >= 0.3 is 5.97 Å². The lowest BCUT2D eigenvalue weighted by Crippen LogP contribution is -2.50. The van der Waals surface area contributed by atoms with Gasteiger partial charge in [-0.15, -0.1) is 12.4 Å². The second kappa shape index (κ2) is 10.8. The number of likely N-dealkylation sites (tertiary alicyclic amines) is 1. The number of aliphatic hydroxyl groups is 1. The number of rotatable bonds is 7. The molecule has 0 atom stereocenters. The van der Waals surface area contributed by atoms with Crippen LogP contribution in [0, 0.1) is 11.3 Å². The summed E-state index contributed by atoms with van der Waals surface area (Å²) in [6, 6.07) is 14.4. The number of carboxylic acids is 1. The number of piperidine rings is 1. The summed E-state index contributed by atoms with van der Waals surface area (Å²) in [7, 11) is 1.86. The smallest absolute Gasteiger partial charge is 0.335 e. The van der Waals surface area contributed by atoms with E-state index in [4.69, 9.17) is 22.0 Å². The summed E-state index contributed by atoms with van der Waals surface area (Å²) in [5.41, 5.74) is 1.91. The van der Waals surface area contributed by atoms with Crippen LogP contribution in [0.5, 0.6) is 0 Å². The quantitative estimate of drug-likeness (QED) is 0.648. The predicted molar refractivity (Wildman–Crippen MR) is 124 cm³/mol. The number of benzene rings is 2. The molecule has 0 aromatic heterocycles. The van der Waals surface area contributed by atoms with Crippen molar-refractivity contribution in [3.63, 3.8) is 0 Å². The molecule has 2 aromatic rings. The average molecular weight is 464 g/mol. The van der Waals surface area contributed by atoms with Gasteiger partial charge in [0.05, 0.1) is 33.5 Å². The highest BCUT2D eigenvalue weighted by Gasteiger charge is 2.33. The van der Waals surface area contributed by atoms with E-state index in [0.717, 1.165) is 26.1 Å². The van der Waals surface area contributed by atoms with E-state index in [9.17, 15) is 9.90 Å². The molecule has 2 aromatic carbocycles. The van der Waals surface area contributed by atoms with E-state index in [-0.39, 0.29) is 18.0 Å². The van der Waals surface area contributed by atoms with Crippen molar-refractivity contribution >= 4 is 35.7 Å². The molecule has 1 saturated heterocycles. The average Bonchev–Trinajstić information content (AvgIpc) is 2.73. The van der Waals surface area contributed by atoms with E-state index in [2.05, 4.69) is 11.0 Å². The predicted octanol–water partition coefficient (Wildman–Crippen LogP) is 3.84. The van der Waals surface area contributed by atoms with Gasteiger partial charge in [-0.05, 0) is 55.2 Å². The van der Waals surface area contributed by atoms with Crippen LogP contribution in [0.2, 0.25) is 5.02 Å². The lowest BCUT2D eigenvalue weighted by Gasteiger charge is -2.40. The lowest BCUT2D eigenvalue weighted by atomic mass is 9.90. The van der Waals surface area contributed by atoms with Crippen molar-refractivity contribution in [2.45, 2.75) is 24.9 Å². The maximum atomic E-state index is 11.1. The third kappa shape index (κ3) is 6.59. The van der Waals surface area contributed by atoms with Crippen LogP contribution in [0.3, 0.4) is 0 Å². The third-order valence-electron chi connectivity index (χ3n) is 5.72. The molecule has 1 heterocycles. The fourth-order valence-electron chi connectivity index (χ4n) is 3.86. The topological polar surface area (TPSA) is 87.8 Å². The van der Waals surface area contributed by atoms with Crippen molar-refractivity contribution in [1.29, 1.82) is 5.26 Å². The van der Waals surface area contributed by atoms with Crippen molar-refractivity contribution in [3.8, 4) is 6.07 Å². The number of hydrogen-bond acceptors (Lipinski definition) is 5. The highest BCUT2D eigenvalue weighted by atomic mass is 35.5. The van der Waals surface area contributed by atoms with E-state index in [1.165, 1.54) is 17.7 Å². The number of nitrogens with zero attached hydrogens (tertiary/aromatic N) is 3. The Morgan fingerprint density at radius 3 is 2.42 bits per heavy atom. The molecule has 1 aliphatic rings. The zero-order chi connectivity index (χ0) is 21.7. The molecular formula is C23H27Cl2N3O3. The second-order valence-corrected chi connectivity index (χ2v) is 8.36. The van der Waals surface area contributed by atoms with E-state index >= 15 is 0 Å². The van der Waals surface area contributed by atoms with E-state index < -0.39 is 11.6 Å². The molecule has 0 aliphatic carbocycles. The van der Waals surface area contributed by atoms with Crippen molar-refractivity contribution in [2.75, 3.05) is 38.1 Å². The Morgan fingerprint density at radius 1 is 1.23 bits per heavy atom. The molecule has 3 rings (SSSR count). The summed E-state index contributed by atoms with van der Waals surface area (Å²) in [5, 5.41) is 29.4. The van der Waals surface area contributed by atoms with Gasteiger partial charge in [-0.3, -0.25) is 0 Å². The summed E-state index contributed by atoms with van der Waals surface area (Å²) in [5.74, 6) is -1.02. The third-order valence-corrected chi connectivity index (χ3v) is 6.03. The minimum absolute atomic E-state index is 0. The summed E-state index contributed by atoms with van der Waals surface area (Å²) >= 11 is 6.26. The van der Waals surface area contributed by atoms with E-state index in [1.807, 2.05) is 36.2 Å². The molecular weight excluding hydrogens is 437 g/mol. The van der Waals surface area contributed by atoms with Crippen molar-refractivity contribution < 1.29 is 15.0 Å². The molecule has 0 amide bonds. The number of carbonyl (C=O) groups is 1. The standard InChI is InChI=1S/C23H26ClN3O3.ClH/c1-26(21-7-6-19(22(28)29)14-20(21)24)16-23(30)9-12-27(13-10-23)11-8-17-2-4-18(15-25)5-3-17;/h2-7,14,30H,8-13,16H2,1H3,(H,28,29);1H. The molecule has 1 aliphatic heterocycles. The van der Waals surface area contributed by atoms with Crippen LogP contribution < -0.4 is 4.90 Å². The maximum absolute atomic E-state index is 11.1. The van der Waals surface area contributed by atoms with Gasteiger partial charge in [0.15, 0.2) is 0 Å². The second-order valence-electron chi connectivity index (χ2n) is 7.95. The minimum atomic E-state index is -1.02. The molecule has 31 heavy (non-hydrogen) atoms. The first-order valence-electron chi connectivity index (χ1n) is 9.97. The van der Waals surface area contributed by atoms with Crippen LogP contribution in [-0.4, -0.2) is 59.9 Å². The SMILES string of the molecule is CN(CC1(O)CCN(CCc2ccc(C#N)cc2)CC1)c1ccc(C(=O)O)cc1Cl.Cl. The summed E-state index contributed by atoms with van der Waals surface area (Å²) in [4.78, 5) is 15.3. The molecule has 8 heteroatoms. The Kier molecular flexibility index (Phi) is 8.72.